The first-order chi connectivity index (χ1) is 8.02. The Kier molecular flexibility index (Phi) is 5.09. The van der Waals surface area contributed by atoms with E-state index in [0.29, 0.717) is 12.5 Å². The van der Waals surface area contributed by atoms with Crippen molar-refractivity contribution in [2.75, 3.05) is 6.61 Å². The highest BCUT2D eigenvalue weighted by atomic mass is 35.5. The van der Waals surface area contributed by atoms with Crippen LogP contribution in [-0.2, 0) is 0 Å². The molecule has 0 amide bonds. The van der Waals surface area contributed by atoms with Crippen LogP contribution in [0.25, 0.3) is 0 Å². The van der Waals surface area contributed by atoms with Gasteiger partial charge in [-0.25, -0.2) is 4.98 Å². The molecule has 94 valence electrons. The van der Waals surface area contributed by atoms with Crippen molar-refractivity contribution in [1.29, 1.82) is 0 Å². The first-order valence-electron chi connectivity index (χ1n) is 5.30. The van der Waals surface area contributed by atoms with E-state index in [2.05, 4.69) is 23.8 Å². The Balaban J connectivity index is 2.64. The van der Waals surface area contributed by atoms with Crippen molar-refractivity contribution < 1.29 is 9.66 Å². The lowest BCUT2D eigenvalue weighted by atomic mass is 10.1. The molecule has 0 unspecified atom stereocenters. The predicted octanol–water partition coefficient (Wildman–Crippen LogP) is 2.85. The summed E-state index contributed by atoms with van der Waals surface area (Å²) in [5, 5.41) is 10.5. The van der Waals surface area contributed by atoms with Crippen LogP contribution >= 0.6 is 11.6 Å². The molecule has 1 aromatic rings. The van der Waals surface area contributed by atoms with Crippen LogP contribution in [0.15, 0.2) is 6.33 Å². The van der Waals surface area contributed by atoms with Crippen molar-refractivity contribution in [3.05, 3.63) is 21.6 Å². The van der Waals surface area contributed by atoms with E-state index >= 15 is 0 Å². The van der Waals surface area contributed by atoms with Gasteiger partial charge in [-0.05, 0) is 18.8 Å². The highest BCUT2D eigenvalue weighted by molar-refractivity contribution is 6.31. The van der Waals surface area contributed by atoms with Gasteiger partial charge >= 0.3 is 5.69 Å². The highest BCUT2D eigenvalue weighted by Crippen LogP contribution is 2.30. The van der Waals surface area contributed by atoms with E-state index in [0.717, 1.165) is 19.2 Å². The van der Waals surface area contributed by atoms with Crippen molar-refractivity contribution in [3.63, 3.8) is 0 Å². The summed E-state index contributed by atoms with van der Waals surface area (Å²) in [6.45, 7) is 4.58. The third-order valence-electron chi connectivity index (χ3n) is 2.09. The molecule has 0 aliphatic carbocycles. The van der Waals surface area contributed by atoms with Gasteiger partial charge in [0, 0.05) is 0 Å². The van der Waals surface area contributed by atoms with E-state index in [4.69, 9.17) is 16.3 Å². The largest absolute Gasteiger partial charge is 0.473 e. The Labute approximate surface area is 104 Å². The number of aromatic nitrogens is 2. The molecular weight excluding hydrogens is 246 g/mol. The van der Waals surface area contributed by atoms with Gasteiger partial charge in [0.1, 0.15) is 6.33 Å². The lowest BCUT2D eigenvalue weighted by Gasteiger charge is -2.07. The van der Waals surface area contributed by atoms with Crippen molar-refractivity contribution in [1.82, 2.24) is 9.97 Å². The molecule has 1 rings (SSSR count). The molecule has 0 aromatic carbocycles. The SMILES string of the molecule is CC(C)CCCOc1ncnc(Cl)c1[N+](=O)[O-]. The molecule has 0 saturated carbocycles. The molecule has 0 bridgehead atoms. The van der Waals surface area contributed by atoms with Crippen LogP contribution in [0.5, 0.6) is 5.88 Å². The minimum absolute atomic E-state index is 0.0706. The molecule has 0 saturated heterocycles. The molecule has 7 heteroatoms. The van der Waals surface area contributed by atoms with E-state index in [1.165, 1.54) is 0 Å². The second-order valence-corrected chi connectivity index (χ2v) is 4.32. The number of hydrogen-bond donors (Lipinski definition) is 0. The van der Waals surface area contributed by atoms with Crippen molar-refractivity contribution in [3.8, 4) is 5.88 Å². The van der Waals surface area contributed by atoms with Gasteiger partial charge in [0.2, 0.25) is 5.15 Å². The monoisotopic (exact) mass is 259 g/mol. The topological polar surface area (TPSA) is 78.2 Å². The van der Waals surface area contributed by atoms with E-state index in [-0.39, 0.29) is 16.7 Å². The summed E-state index contributed by atoms with van der Waals surface area (Å²) in [6.07, 6.45) is 2.95. The number of nitro groups is 1. The summed E-state index contributed by atoms with van der Waals surface area (Å²) in [5.74, 6) is 0.501. The molecule has 0 radical (unpaired) electrons. The molecule has 1 heterocycles. The molecule has 0 aliphatic rings. The predicted molar refractivity (Wildman–Crippen MR) is 63.3 cm³/mol. The summed E-state index contributed by atoms with van der Waals surface area (Å²) < 4.78 is 5.25. The normalized spacial score (nSPS) is 10.6. The first-order valence-corrected chi connectivity index (χ1v) is 5.68. The summed E-state index contributed by atoms with van der Waals surface area (Å²) >= 11 is 5.61. The lowest BCUT2D eigenvalue weighted by Crippen LogP contribution is -2.04. The van der Waals surface area contributed by atoms with Gasteiger partial charge in [-0.3, -0.25) is 10.1 Å². The molecule has 17 heavy (non-hydrogen) atoms. The van der Waals surface area contributed by atoms with Crippen LogP contribution < -0.4 is 4.74 Å². The average molecular weight is 260 g/mol. The summed E-state index contributed by atoms with van der Waals surface area (Å²) in [7, 11) is 0. The van der Waals surface area contributed by atoms with E-state index in [1.807, 2.05) is 0 Å². The molecule has 6 nitrogen and oxygen atoms in total. The van der Waals surface area contributed by atoms with Crippen LogP contribution in [0.3, 0.4) is 0 Å². The number of nitrogens with zero attached hydrogens (tertiary/aromatic N) is 3. The van der Waals surface area contributed by atoms with Crippen LogP contribution in [0, 0.1) is 16.0 Å². The van der Waals surface area contributed by atoms with Gasteiger partial charge in [-0.1, -0.05) is 25.4 Å². The Morgan fingerprint density at radius 2 is 2.24 bits per heavy atom. The quantitative estimate of drug-likeness (QED) is 0.340. The lowest BCUT2D eigenvalue weighted by molar-refractivity contribution is -0.386. The average Bonchev–Trinajstić information content (AvgIpc) is 2.23. The molecule has 0 fully saturated rings. The fraction of sp³-hybridized carbons (Fsp3) is 0.600. The smallest absolute Gasteiger partial charge is 0.367 e. The van der Waals surface area contributed by atoms with Gasteiger partial charge in [0.05, 0.1) is 11.5 Å². The number of hydrogen-bond acceptors (Lipinski definition) is 5. The molecule has 0 atom stereocenters. The fourth-order valence-corrected chi connectivity index (χ4v) is 1.46. The first kappa shape index (κ1) is 13.6. The van der Waals surface area contributed by atoms with Gasteiger partial charge in [0.15, 0.2) is 0 Å². The number of ether oxygens (including phenoxy) is 1. The van der Waals surface area contributed by atoms with Gasteiger partial charge in [0.25, 0.3) is 5.88 Å². The van der Waals surface area contributed by atoms with Gasteiger partial charge in [-0.15, -0.1) is 0 Å². The maximum atomic E-state index is 10.7. The summed E-state index contributed by atoms with van der Waals surface area (Å²) in [4.78, 5) is 17.4. The second kappa shape index (κ2) is 6.34. The second-order valence-electron chi connectivity index (χ2n) is 3.96. The van der Waals surface area contributed by atoms with Crippen molar-refractivity contribution >= 4 is 17.3 Å². The molecular formula is C10H14ClN3O3. The Hall–Kier alpha value is -1.43. The summed E-state index contributed by atoms with van der Waals surface area (Å²) in [5.41, 5.74) is -0.376. The number of rotatable bonds is 6. The third kappa shape index (κ3) is 4.14. The van der Waals surface area contributed by atoms with Crippen molar-refractivity contribution in [2.45, 2.75) is 26.7 Å². The maximum absolute atomic E-state index is 10.7. The highest BCUT2D eigenvalue weighted by Gasteiger charge is 2.22. The zero-order valence-electron chi connectivity index (χ0n) is 9.72. The standard InChI is InChI=1S/C10H14ClN3O3/c1-7(2)4-3-5-17-10-8(14(15)16)9(11)12-6-13-10/h6-7H,3-5H2,1-2H3. The third-order valence-corrected chi connectivity index (χ3v) is 2.37. The van der Waals surface area contributed by atoms with Crippen LogP contribution in [-0.4, -0.2) is 21.5 Å². The zero-order chi connectivity index (χ0) is 12.8. The van der Waals surface area contributed by atoms with Crippen molar-refractivity contribution in [2.24, 2.45) is 5.92 Å². The maximum Gasteiger partial charge on any atom is 0.367 e. The molecule has 0 spiro atoms. The Morgan fingerprint density at radius 3 is 2.82 bits per heavy atom. The van der Waals surface area contributed by atoms with Crippen LogP contribution in [0.1, 0.15) is 26.7 Å². The molecule has 0 N–H and O–H groups in total. The minimum Gasteiger partial charge on any atom is -0.473 e. The molecule has 0 aliphatic heterocycles. The van der Waals surface area contributed by atoms with E-state index < -0.39 is 4.92 Å². The van der Waals surface area contributed by atoms with E-state index in [1.54, 1.807) is 0 Å². The zero-order valence-corrected chi connectivity index (χ0v) is 10.5. The fourth-order valence-electron chi connectivity index (χ4n) is 1.26. The minimum atomic E-state index is -0.639. The van der Waals surface area contributed by atoms with Gasteiger partial charge < -0.3 is 4.74 Å². The van der Waals surface area contributed by atoms with Gasteiger partial charge in [-0.2, -0.15) is 4.98 Å². The summed E-state index contributed by atoms with van der Waals surface area (Å²) in [6, 6.07) is 0. The Bertz CT molecular complexity index is 398. The molecule has 1 aromatic heterocycles. The van der Waals surface area contributed by atoms with Crippen LogP contribution in [0.4, 0.5) is 5.69 Å². The number of halogens is 1. The van der Waals surface area contributed by atoms with E-state index in [9.17, 15) is 10.1 Å². The Morgan fingerprint density at radius 1 is 1.53 bits per heavy atom. The van der Waals surface area contributed by atoms with Crippen LogP contribution in [0.2, 0.25) is 5.15 Å².